The smallest absolute Gasteiger partial charge is 0.297 e. The molecule has 0 fully saturated rings. The number of hydrogen-bond acceptors (Lipinski definition) is 4. The third-order valence-corrected chi connectivity index (χ3v) is 4.56. The van der Waals surface area contributed by atoms with Crippen LogP contribution in [0.1, 0.15) is 45.4 Å². The van der Waals surface area contributed by atoms with Crippen molar-refractivity contribution in [2.24, 2.45) is 7.05 Å². The minimum absolute atomic E-state index is 0.0536. The van der Waals surface area contributed by atoms with Crippen molar-refractivity contribution in [1.29, 1.82) is 0 Å². The van der Waals surface area contributed by atoms with Gasteiger partial charge in [0.05, 0.1) is 17.5 Å². The fourth-order valence-corrected chi connectivity index (χ4v) is 3.09. The van der Waals surface area contributed by atoms with Crippen LogP contribution in [0.15, 0.2) is 23.0 Å². The van der Waals surface area contributed by atoms with Crippen molar-refractivity contribution in [1.82, 2.24) is 4.57 Å². The van der Waals surface area contributed by atoms with Gasteiger partial charge in [-0.05, 0) is 18.6 Å². The maximum atomic E-state index is 12.6. The quantitative estimate of drug-likeness (QED) is 0.696. The normalized spacial score (nSPS) is 11.0. The van der Waals surface area contributed by atoms with Crippen molar-refractivity contribution in [3.8, 4) is 11.5 Å². The van der Waals surface area contributed by atoms with Gasteiger partial charge >= 0.3 is 0 Å². The molecule has 1 aromatic carbocycles. The molecule has 5 heteroatoms. The number of nitrogens with zero attached hydrogens (tertiary/aromatic N) is 2. The molecule has 138 valence electrons. The van der Waals surface area contributed by atoms with Crippen molar-refractivity contribution < 1.29 is 9.84 Å². The Morgan fingerprint density at radius 1 is 1.12 bits per heavy atom. The summed E-state index contributed by atoms with van der Waals surface area (Å²) in [6, 6.07) is 5.64. The summed E-state index contributed by atoms with van der Waals surface area (Å²) in [5.41, 5.74) is 1.25. The Hall–Kier alpha value is -2.17. The van der Waals surface area contributed by atoms with Crippen molar-refractivity contribution in [2.45, 2.75) is 45.4 Å². The zero-order valence-electron chi connectivity index (χ0n) is 15.8. The molecular weight excluding hydrogens is 316 g/mol. The van der Waals surface area contributed by atoms with Crippen molar-refractivity contribution in [3.05, 3.63) is 28.6 Å². The van der Waals surface area contributed by atoms with Crippen LogP contribution in [-0.4, -0.2) is 30.4 Å². The predicted octanol–water partition coefficient (Wildman–Crippen LogP) is 4.05. The van der Waals surface area contributed by atoms with E-state index in [4.69, 9.17) is 4.74 Å². The number of fused-ring (bicyclic) bond motifs is 1. The van der Waals surface area contributed by atoms with E-state index < -0.39 is 0 Å². The first-order chi connectivity index (χ1) is 12.0. The standard InChI is InChI=1S/C20H30N2O3/c1-5-6-7-8-9-10-14-25-19-18(23)17-15(21(2)3)12-11-13-16(17)22(4)20(19)24/h11-13,23H,5-10,14H2,1-4H3. The Kier molecular flexibility index (Phi) is 6.73. The minimum Gasteiger partial charge on any atom is -0.504 e. The number of aromatic hydroxyl groups is 1. The highest BCUT2D eigenvalue weighted by Crippen LogP contribution is 2.37. The molecule has 5 nitrogen and oxygen atoms in total. The molecule has 0 aliphatic heterocycles. The summed E-state index contributed by atoms with van der Waals surface area (Å²) >= 11 is 0. The fraction of sp³-hybridized carbons (Fsp3) is 0.550. The lowest BCUT2D eigenvalue weighted by Crippen LogP contribution is -2.21. The van der Waals surface area contributed by atoms with Gasteiger partial charge in [0.2, 0.25) is 5.75 Å². The molecule has 1 N–H and O–H groups in total. The summed E-state index contributed by atoms with van der Waals surface area (Å²) in [4.78, 5) is 14.5. The van der Waals surface area contributed by atoms with Gasteiger partial charge in [-0.1, -0.05) is 45.1 Å². The number of hydrogen-bond donors (Lipinski definition) is 1. The predicted molar refractivity (Wildman–Crippen MR) is 104 cm³/mol. The molecule has 2 aromatic rings. The van der Waals surface area contributed by atoms with Crippen LogP contribution >= 0.6 is 0 Å². The molecular formula is C20H30N2O3. The van der Waals surface area contributed by atoms with Gasteiger partial charge in [0.15, 0.2) is 5.75 Å². The monoisotopic (exact) mass is 346 g/mol. The molecule has 0 bridgehead atoms. The number of aromatic nitrogens is 1. The van der Waals surface area contributed by atoms with E-state index in [2.05, 4.69) is 6.92 Å². The highest BCUT2D eigenvalue weighted by Gasteiger charge is 2.19. The van der Waals surface area contributed by atoms with E-state index in [1.807, 2.05) is 37.2 Å². The lowest BCUT2D eigenvalue weighted by molar-refractivity contribution is 0.284. The van der Waals surface area contributed by atoms with E-state index >= 15 is 0 Å². The van der Waals surface area contributed by atoms with Crippen LogP contribution in [0.2, 0.25) is 0 Å². The van der Waals surface area contributed by atoms with Crippen molar-refractivity contribution >= 4 is 16.6 Å². The number of benzene rings is 1. The molecule has 1 heterocycles. The Labute approximate surface area is 149 Å². The summed E-state index contributed by atoms with van der Waals surface area (Å²) in [6.45, 7) is 2.65. The first-order valence-corrected chi connectivity index (χ1v) is 9.13. The van der Waals surface area contributed by atoms with Gasteiger partial charge in [0.25, 0.3) is 5.56 Å². The maximum Gasteiger partial charge on any atom is 0.297 e. The van der Waals surface area contributed by atoms with E-state index in [1.165, 1.54) is 25.7 Å². The highest BCUT2D eigenvalue weighted by atomic mass is 16.5. The second kappa shape index (κ2) is 8.79. The SMILES string of the molecule is CCCCCCCCOc1c(O)c2c(N(C)C)cccc2n(C)c1=O. The zero-order valence-corrected chi connectivity index (χ0v) is 15.8. The molecule has 1 aromatic heterocycles. The van der Waals surface area contributed by atoms with Crippen molar-refractivity contribution in [2.75, 3.05) is 25.6 Å². The lowest BCUT2D eigenvalue weighted by Gasteiger charge is -2.19. The molecule has 0 amide bonds. The van der Waals surface area contributed by atoms with Crippen LogP contribution in [0, 0.1) is 0 Å². The van der Waals surface area contributed by atoms with Gasteiger partial charge in [-0.25, -0.2) is 0 Å². The fourth-order valence-electron chi connectivity index (χ4n) is 3.09. The Balaban J connectivity index is 2.22. The van der Waals surface area contributed by atoms with Crippen LogP contribution in [-0.2, 0) is 7.05 Å². The molecule has 0 unspecified atom stereocenters. The molecule has 2 rings (SSSR count). The molecule has 0 aliphatic carbocycles. The Morgan fingerprint density at radius 3 is 2.48 bits per heavy atom. The van der Waals surface area contributed by atoms with Crippen LogP contribution in [0.3, 0.4) is 0 Å². The number of rotatable bonds is 9. The average molecular weight is 346 g/mol. The molecule has 25 heavy (non-hydrogen) atoms. The second-order valence-electron chi connectivity index (χ2n) is 6.72. The van der Waals surface area contributed by atoms with E-state index in [0.29, 0.717) is 17.5 Å². The first kappa shape index (κ1) is 19.2. The van der Waals surface area contributed by atoms with E-state index in [1.54, 1.807) is 11.6 Å². The van der Waals surface area contributed by atoms with Gasteiger partial charge < -0.3 is 19.3 Å². The molecule has 0 spiro atoms. The molecule has 0 aliphatic rings. The topological polar surface area (TPSA) is 54.7 Å². The number of ether oxygens (including phenoxy) is 1. The number of aryl methyl sites for hydroxylation is 1. The van der Waals surface area contributed by atoms with Crippen molar-refractivity contribution in [3.63, 3.8) is 0 Å². The number of anilines is 1. The summed E-state index contributed by atoms with van der Waals surface area (Å²) in [5.74, 6) is -0.00811. The summed E-state index contributed by atoms with van der Waals surface area (Å²) in [6.07, 6.45) is 6.89. The number of pyridine rings is 1. The molecule has 0 radical (unpaired) electrons. The third kappa shape index (κ3) is 4.27. The number of unbranched alkanes of at least 4 members (excludes halogenated alkanes) is 5. The van der Waals surface area contributed by atoms with Gasteiger partial charge in [-0.2, -0.15) is 0 Å². The molecule has 0 atom stereocenters. The summed E-state index contributed by atoms with van der Waals surface area (Å²) < 4.78 is 7.24. The highest BCUT2D eigenvalue weighted by molar-refractivity contribution is 5.98. The first-order valence-electron chi connectivity index (χ1n) is 9.13. The Bertz CT molecular complexity index is 766. The average Bonchev–Trinajstić information content (AvgIpc) is 2.60. The third-order valence-electron chi connectivity index (χ3n) is 4.56. The summed E-state index contributed by atoms with van der Waals surface area (Å²) in [7, 11) is 5.54. The Morgan fingerprint density at radius 2 is 1.80 bits per heavy atom. The van der Waals surface area contributed by atoms with Gasteiger partial charge in [0.1, 0.15) is 0 Å². The molecule has 0 saturated carbocycles. The van der Waals surface area contributed by atoms with Crippen LogP contribution in [0.4, 0.5) is 5.69 Å². The minimum atomic E-state index is -0.299. The largest absolute Gasteiger partial charge is 0.504 e. The van der Waals surface area contributed by atoms with Crippen LogP contribution in [0.5, 0.6) is 11.5 Å². The molecule has 0 saturated heterocycles. The van der Waals surface area contributed by atoms with Gasteiger partial charge in [-0.15, -0.1) is 0 Å². The lowest BCUT2D eigenvalue weighted by atomic mass is 10.1. The zero-order chi connectivity index (χ0) is 18.4. The van der Waals surface area contributed by atoms with E-state index in [9.17, 15) is 9.90 Å². The van der Waals surface area contributed by atoms with Gasteiger partial charge in [0, 0.05) is 26.8 Å². The second-order valence-corrected chi connectivity index (χ2v) is 6.72. The van der Waals surface area contributed by atoms with Crippen LogP contribution in [0.25, 0.3) is 10.9 Å². The summed E-state index contributed by atoms with van der Waals surface area (Å²) in [5, 5.41) is 11.3. The van der Waals surface area contributed by atoms with Gasteiger partial charge in [-0.3, -0.25) is 4.79 Å². The maximum absolute atomic E-state index is 12.6. The van der Waals surface area contributed by atoms with E-state index in [0.717, 1.165) is 18.5 Å². The van der Waals surface area contributed by atoms with Crippen LogP contribution < -0.4 is 15.2 Å². The van der Waals surface area contributed by atoms with E-state index in [-0.39, 0.29) is 17.1 Å².